The zero-order valence-corrected chi connectivity index (χ0v) is 14.4. The lowest BCUT2D eigenvalue weighted by atomic mass is 9.71. The van der Waals surface area contributed by atoms with Crippen molar-refractivity contribution in [1.82, 2.24) is 19.7 Å². The van der Waals surface area contributed by atoms with Gasteiger partial charge in [-0.2, -0.15) is 0 Å². The number of hydrogen-bond donors (Lipinski definition) is 2. The second-order valence-corrected chi connectivity index (χ2v) is 6.76. The first kappa shape index (κ1) is 17.6. The molecule has 7 nitrogen and oxygen atoms in total. The maximum absolute atomic E-state index is 12.0. The van der Waals surface area contributed by atoms with Crippen molar-refractivity contribution >= 4 is 5.97 Å². The Bertz CT molecular complexity index is 718. The molecule has 1 fully saturated rings. The summed E-state index contributed by atoms with van der Waals surface area (Å²) in [5.41, 5.74) is -0.179. The van der Waals surface area contributed by atoms with Crippen LogP contribution in [0.2, 0.25) is 0 Å². The number of rotatable bonds is 6. The normalized spacial score (nSPS) is 24.3. The summed E-state index contributed by atoms with van der Waals surface area (Å²) in [6.45, 7) is 4.37. The van der Waals surface area contributed by atoms with Gasteiger partial charge < -0.3 is 14.8 Å². The van der Waals surface area contributed by atoms with Crippen molar-refractivity contribution in [3.8, 4) is 0 Å². The third kappa shape index (κ3) is 3.72. The Hall–Kier alpha value is -2.25. The number of aryl methyl sites for hydroxylation is 1. The average Bonchev–Trinajstić information content (AvgIpc) is 3.01. The number of nitrogens with zero attached hydrogens (tertiary/aromatic N) is 4. The lowest BCUT2D eigenvalue weighted by molar-refractivity contribution is -0.162. The van der Waals surface area contributed by atoms with E-state index in [4.69, 9.17) is 0 Å². The minimum absolute atomic E-state index is 0.350. The minimum Gasteiger partial charge on any atom is -0.481 e. The molecule has 0 aliphatic carbocycles. The smallest absolute Gasteiger partial charge is 0.312 e. The molecule has 0 saturated carbocycles. The predicted octanol–water partition coefficient (Wildman–Crippen LogP) is 0.967. The first-order chi connectivity index (χ1) is 12.0. The molecule has 25 heavy (non-hydrogen) atoms. The molecule has 134 valence electrons. The third-order valence-corrected chi connectivity index (χ3v) is 5.20. The van der Waals surface area contributed by atoms with Gasteiger partial charge in [0.1, 0.15) is 17.6 Å². The van der Waals surface area contributed by atoms with E-state index in [1.807, 2.05) is 41.8 Å². The number of aliphatic carboxylic acids is 1. The second-order valence-electron chi connectivity index (χ2n) is 6.76. The molecule has 3 rings (SSSR count). The number of aromatic nitrogens is 3. The van der Waals surface area contributed by atoms with Crippen molar-refractivity contribution in [2.45, 2.75) is 32.4 Å². The van der Waals surface area contributed by atoms with Crippen LogP contribution in [-0.2, 0) is 17.8 Å². The number of piperidine rings is 1. The Kier molecular flexibility index (Phi) is 5.15. The zero-order valence-electron chi connectivity index (χ0n) is 14.4. The largest absolute Gasteiger partial charge is 0.481 e. The highest BCUT2D eigenvalue weighted by Crippen LogP contribution is 2.36. The van der Waals surface area contributed by atoms with E-state index >= 15 is 0 Å². The molecule has 1 aliphatic rings. The van der Waals surface area contributed by atoms with Gasteiger partial charge in [0.2, 0.25) is 0 Å². The molecule has 0 unspecified atom stereocenters. The second kappa shape index (κ2) is 7.33. The summed E-state index contributed by atoms with van der Waals surface area (Å²) in [5, 5.41) is 28.3. The van der Waals surface area contributed by atoms with Crippen molar-refractivity contribution in [2.24, 2.45) is 5.41 Å². The minimum atomic E-state index is -1.12. The van der Waals surface area contributed by atoms with Crippen LogP contribution in [0.4, 0.5) is 0 Å². The lowest BCUT2D eigenvalue weighted by Crippen LogP contribution is -2.56. The van der Waals surface area contributed by atoms with Crippen molar-refractivity contribution < 1.29 is 15.0 Å². The third-order valence-electron chi connectivity index (χ3n) is 5.20. The van der Waals surface area contributed by atoms with Crippen LogP contribution in [0.3, 0.4) is 0 Å². The van der Waals surface area contributed by atoms with E-state index in [2.05, 4.69) is 15.1 Å². The van der Waals surface area contributed by atoms with Crippen LogP contribution >= 0.6 is 0 Å². The van der Waals surface area contributed by atoms with Crippen LogP contribution in [0.15, 0.2) is 36.7 Å². The van der Waals surface area contributed by atoms with E-state index in [1.54, 1.807) is 6.33 Å². The molecular formula is C18H24N4O3. The molecule has 0 amide bonds. The molecule has 0 spiro atoms. The first-order valence-corrected chi connectivity index (χ1v) is 8.53. The van der Waals surface area contributed by atoms with E-state index < -0.39 is 17.5 Å². The molecule has 0 radical (unpaired) electrons. The van der Waals surface area contributed by atoms with Gasteiger partial charge in [0.05, 0.1) is 6.10 Å². The van der Waals surface area contributed by atoms with Gasteiger partial charge in [-0.1, -0.05) is 30.3 Å². The van der Waals surface area contributed by atoms with Gasteiger partial charge in [0.15, 0.2) is 0 Å². The lowest BCUT2D eigenvalue weighted by Gasteiger charge is -2.43. The summed E-state index contributed by atoms with van der Waals surface area (Å²) < 4.78 is 1.95. The molecule has 7 heteroatoms. The molecule has 1 saturated heterocycles. The number of β-amino-alcohol motifs (C(OH)–C–C–N with tert-alkyl or cyclic N) is 1. The van der Waals surface area contributed by atoms with Gasteiger partial charge >= 0.3 is 5.97 Å². The quantitative estimate of drug-likeness (QED) is 0.811. The highest BCUT2D eigenvalue weighted by molar-refractivity contribution is 5.76. The van der Waals surface area contributed by atoms with Gasteiger partial charge in [-0.3, -0.25) is 9.69 Å². The van der Waals surface area contributed by atoms with Crippen LogP contribution in [0.1, 0.15) is 17.8 Å². The summed E-state index contributed by atoms with van der Waals surface area (Å²) in [5.74, 6) is -0.0697. The molecule has 2 N–H and O–H groups in total. The Morgan fingerprint density at radius 3 is 2.68 bits per heavy atom. The van der Waals surface area contributed by atoms with Crippen molar-refractivity contribution in [1.29, 1.82) is 0 Å². The average molecular weight is 344 g/mol. The number of carbonyl (C=O) groups is 1. The van der Waals surface area contributed by atoms with E-state index in [-0.39, 0.29) is 0 Å². The highest BCUT2D eigenvalue weighted by Gasteiger charge is 2.48. The summed E-state index contributed by atoms with van der Waals surface area (Å²) in [7, 11) is 0. The van der Waals surface area contributed by atoms with Crippen LogP contribution in [0.25, 0.3) is 0 Å². The fraction of sp³-hybridized carbons (Fsp3) is 0.500. The SMILES string of the molecule is Cc1nncn1CCN1CC[C@](Cc2ccccc2)(C(=O)O)[C@@H](O)C1. The summed E-state index contributed by atoms with van der Waals surface area (Å²) in [6, 6.07) is 9.53. The maximum Gasteiger partial charge on any atom is 0.312 e. The molecule has 1 aromatic carbocycles. The summed E-state index contributed by atoms with van der Waals surface area (Å²) in [6.07, 6.45) is 1.57. The monoisotopic (exact) mass is 344 g/mol. The molecule has 0 bridgehead atoms. The Labute approximate surface area is 146 Å². The Morgan fingerprint density at radius 1 is 1.32 bits per heavy atom. The fourth-order valence-corrected chi connectivity index (χ4v) is 3.51. The summed E-state index contributed by atoms with van der Waals surface area (Å²) in [4.78, 5) is 14.1. The number of likely N-dealkylation sites (tertiary alicyclic amines) is 1. The molecular weight excluding hydrogens is 320 g/mol. The van der Waals surface area contributed by atoms with Gasteiger partial charge in [-0.05, 0) is 31.9 Å². The molecule has 2 atom stereocenters. The highest BCUT2D eigenvalue weighted by atomic mass is 16.4. The van der Waals surface area contributed by atoms with Crippen LogP contribution in [0, 0.1) is 12.3 Å². The standard InChI is InChI=1S/C18H24N4O3/c1-14-20-19-13-22(14)10-9-21-8-7-18(17(24)25,16(23)12-21)11-15-5-3-2-4-6-15/h2-6,13,16,23H,7-12H2,1H3,(H,24,25)/t16-,18+/m0/s1. The van der Waals surface area contributed by atoms with E-state index in [0.717, 1.165) is 24.5 Å². The van der Waals surface area contributed by atoms with Crippen molar-refractivity contribution in [2.75, 3.05) is 19.6 Å². The Balaban J connectivity index is 1.65. The number of carboxylic acid groups (broad SMARTS) is 1. The molecule has 1 aromatic heterocycles. The number of aliphatic hydroxyl groups is 1. The van der Waals surface area contributed by atoms with Crippen LogP contribution in [0.5, 0.6) is 0 Å². The number of hydrogen-bond acceptors (Lipinski definition) is 5. The summed E-state index contributed by atoms with van der Waals surface area (Å²) >= 11 is 0. The topological polar surface area (TPSA) is 91.5 Å². The number of benzene rings is 1. The fourth-order valence-electron chi connectivity index (χ4n) is 3.51. The van der Waals surface area contributed by atoms with E-state index in [0.29, 0.717) is 25.9 Å². The molecule has 2 aromatic rings. The van der Waals surface area contributed by atoms with Gasteiger partial charge in [-0.15, -0.1) is 10.2 Å². The van der Waals surface area contributed by atoms with Gasteiger partial charge in [-0.25, -0.2) is 0 Å². The molecule has 1 aliphatic heterocycles. The Morgan fingerprint density at radius 2 is 2.08 bits per heavy atom. The maximum atomic E-state index is 12.0. The van der Waals surface area contributed by atoms with Crippen molar-refractivity contribution in [3.05, 3.63) is 48.0 Å². The van der Waals surface area contributed by atoms with E-state index in [1.165, 1.54) is 0 Å². The van der Waals surface area contributed by atoms with Gasteiger partial charge in [0, 0.05) is 19.6 Å². The number of carboxylic acids is 1. The zero-order chi connectivity index (χ0) is 17.9. The van der Waals surface area contributed by atoms with Crippen molar-refractivity contribution in [3.63, 3.8) is 0 Å². The predicted molar refractivity (Wildman–Crippen MR) is 92.0 cm³/mol. The molecule has 2 heterocycles. The van der Waals surface area contributed by atoms with Crippen LogP contribution in [-0.4, -0.2) is 61.6 Å². The van der Waals surface area contributed by atoms with E-state index in [9.17, 15) is 15.0 Å². The van der Waals surface area contributed by atoms with Gasteiger partial charge in [0.25, 0.3) is 0 Å². The first-order valence-electron chi connectivity index (χ1n) is 8.53. The van der Waals surface area contributed by atoms with Crippen LogP contribution < -0.4 is 0 Å². The number of aliphatic hydroxyl groups excluding tert-OH is 1.